The molecule has 5 heteroatoms. The minimum absolute atomic E-state index is 0. The van der Waals surface area contributed by atoms with E-state index in [-0.39, 0.29) is 37.1 Å². The number of aliphatic hydroxyl groups is 1. The van der Waals surface area contributed by atoms with Crippen molar-refractivity contribution in [2.24, 2.45) is 0 Å². The van der Waals surface area contributed by atoms with E-state index in [1.165, 1.54) is 33.3 Å². The molecule has 1 heterocycles. The van der Waals surface area contributed by atoms with Crippen LogP contribution in [-0.2, 0) is 30.3 Å². The van der Waals surface area contributed by atoms with E-state index in [1.54, 1.807) is 13.8 Å². The molecule has 4 rings (SSSR count). The summed E-state index contributed by atoms with van der Waals surface area (Å²) in [6, 6.07) is 27.9. The van der Waals surface area contributed by atoms with Crippen molar-refractivity contribution < 1.29 is 30.0 Å². The Kier molecular flexibility index (Phi) is 12.0. The summed E-state index contributed by atoms with van der Waals surface area (Å²) in [5, 5.41) is 11.5. The van der Waals surface area contributed by atoms with Crippen LogP contribution in [0.4, 0.5) is 0 Å². The predicted octanol–water partition coefficient (Wildman–Crippen LogP) is 9.34. The summed E-state index contributed by atoms with van der Waals surface area (Å²) in [4.78, 5) is 15.6. The molecule has 0 aliphatic carbocycles. The van der Waals surface area contributed by atoms with Crippen LogP contribution in [-0.4, -0.2) is 23.9 Å². The van der Waals surface area contributed by atoms with E-state index in [9.17, 15) is 4.79 Å². The molecular weight excluding hydrogens is 699 g/mol. The fourth-order valence-corrected chi connectivity index (χ4v) is 5.52. The normalized spacial score (nSPS) is 11.9. The molecule has 4 aromatic rings. The van der Waals surface area contributed by atoms with Gasteiger partial charge in [-0.05, 0) is 28.3 Å². The minimum atomic E-state index is -1.42. The number of aromatic nitrogens is 1. The Labute approximate surface area is 261 Å². The number of aliphatic hydroxyl groups excluding tert-OH is 1. The van der Waals surface area contributed by atoms with Crippen molar-refractivity contribution in [3.8, 4) is 22.4 Å². The number of hydrogen-bond acceptors (Lipinski definition) is 3. The second-order valence-corrected chi connectivity index (χ2v) is 17.5. The average molecular weight is 743 g/mol. The van der Waals surface area contributed by atoms with E-state index in [1.807, 2.05) is 0 Å². The van der Waals surface area contributed by atoms with Gasteiger partial charge >= 0.3 is 0 Å². The number of nitrogens with zero attached hydrogens (tertiary/aromatic N) is 1. The Hall–Kier alpha value is -2.85. The molecule has 0 unspecified atom stereocenters. The summed E-state index contributed by atoms with van der Waals surface area (Å²) in [5.41, 5.74) is 8.13. The van der Waals surface area contributed by atoms with Crippen molar-refractivity contribution in [1.29, 1.82) is 0 Å². The number of hydrogen-bond donors (Lipinski definition) is 1. The second kappa shape index (κ2) is 14.4. The summed E-state index contributed by atoms with van der Waals surface area (Å²) in [6.07, 6.45) is 2.27. The van der Waals surface area contributed by atoms with Gasteiger partial charge in [-0.2, -0.15) is 0 Å². The molecule has 0 amide bonds. The number of aryl methyl sites for hydroxylation is 1. The molecular formula is C36H44IrNO2Si-. The maximum Gasteiger partial charge on any atom is 0.158 e. The second-order valence-electron chi connectivity index (χ2n) is 12.4. The zero-order valence-electron chi connectivity index (χ0n) is 26.0. The first-order chi connectivity index (χ1) is 18.7. The molecule has 0 aliphatic rings. The summed E-state index contributed by atoms with van der Waals surface area (Å²) < 4.78 is 0. The first-order valence-electron chi connectivity index (χ1n) is 14.2. The predicted molar refractivity (Wildman–Crippen MR) is 174 cm³/mol. The van der Waals surface area contributed by atoms with E-state index in [4.69, 9.17) is 10.1 Å². The number of carbonyl (C=O) groups is 1. The zero-order valence-corrected chi connectivity index (χ0v) is 29.4. The van der Waals surface area contributed by atoms with Crippen LogP contribution in [0.3, 0.4) is 0 Å². The smallest absolute Gasteiger partial charge is 0.158 e. The van der Waals surface area contributed by atoms with Gasteiger partial charge in [0.15, 0.2) is 5.78 Å². The van der Waals surface area contributed by atoms with Gasteiger partial charge in [0.2, 0.25) is 0 Å². The van der Waals surface area contributed by atoms with Crippen LogP contribution in [0.5, 0.6) is 0 Å². The molecule has 0 aliphatic heterocycles. The number of pyridine rings is 1. The Balaban J connectivity index is 0.000000511. The number of rotatable bonds is 6. The van der Waals surface area contributed by atoms with E-state index in [2.05, 4.69) is 120 Å². The fraction of sp³-hybridized carbons (Fsp3) is 0.333. The number of carbonyl (C=O) groups excluding carboxylic acids is 1. The van der Waals surface area contributed by atoms with Gasteiger partial charge in [0.1, 0.15) is 0 Å². The van der Waals surface area contributed by atoms with Crippen molar-refractivity contribution >= 4 is 29.9 Å². The largest absolute Gasteiger partial charge is 0.512 e. The third-order valence-electron chi connectivity index (χ3n) is 6.94. The monoisotopic (exact) mass is 743 g/mol. The molecule has 41 heavy (non-hydrogen) atoms. The molecule has 3 aromatic carbocycles. The third-order valence-corrected chi connectivity index (χ3v) is 8.99. The van der Waals surface area contributed by atoms with Gasteiger partial charge in [-0.25, -0.2) is 0 Å². The number of ketones is 1. The van der Waals surface area contributed by atoms with Crippen LogP contribution >= 0.6 is 0 Å². The Bertz CT molecular complexity index is 1510. The molecule has 0 fully saturated rings. The molecule has 0 atom stereocenters. The van der Waals surface area contributed by atoms with Crippen molar-refractivity contribution in [3.05, 3.63) is 95.8 Å². The SMILES string of the molecule is CCC(=O)/C=C(\O)CC.Cc1[c-]c(-c2cc(-c3ccccc3)c3cc([Si](C)(C)C)ccc3n2)cc(C(C)(C)C)c1.[Ir]. The maximum absolute atomic E-state index is 10.5. The van der Waals surface area contributed by atoms with Crippen molar-refractivity contribution in [2.75, 3.05) is 0 Å². The topological polar surface area (TPSA) is 50.2 Å². The van der Waals surface area contributed by atoms with Gasteiger partial charge in [-0.15, -0.1) is 34.9 Å². The first kappa shape index (κ1) is 34.3. The van der Waals surface area contributed by atoms with Crippen LogP contribution in [0.15, 0.2) is 78.6 Å². The fourth-order valence-electron chi connectivity index (χ4n) is 4.36. The summed E-state index contributed by atoms with van der Waals surface area (Å²) in [7, 11) is -1.42. The summed E-state index contributed by atoms with van der Waals surface area (Å²) in [5.74, 6) is 0.149. The van der Waals surface area contributed by atoms with Crippen LogP contribution in [0, 0.1) is 13.0 Å². The van der Waals surface area contributed by atoms with Gasteiger partial charge in [0, 0.05) is 44.4 Å². The molecule has 0 bridgehead atoms. The molecule has 219 valence electrons. The van der Waals surface area contributed by atoms with Crippen molar-refractivity contribution in [2.45, 2.75) is 79.4 Å². The number of benzene rings is 3. The molecule has 0 saturated carbocycles. The molecule has 3 nitrogen and oxygen atoms in total. The Morgan fingerprint density at radius 2 is 1.61 bits per heavy atom. The van der Waals surface area contributed by atoms with Crippen LogP contribution in [0.1, 0.15) is 58.6 Å². The van der Waals surface area contributed by atoms with E-state index in [0.717, 1.165) is 22.3 Å². The van der Waals surface area contributed by atoms with Crippen LogP contribution in [0.25, 0.3) is 33.3 Å². The molecule has 1 aromatic heterocycles. The zero-order chi connectivity index (χ0) is 29.7. The Morgan fingerprint density at radius 1 is 0.951 bits per heavy atom. The average Bonchev–Trinajstić information content (AvgIpc) is 2.91. The van der Waals surface area contributed by atoms with E-state index >= 15 is 0 Å². The van der Waals surface area contributed by atoms with Crippen molar-refractivity contribution in [3.63, 3.8) is 0 Å². The standard InChI is InChI=1S/C29H32NSi.C7H12O2.Ir/c1-20-15-22(17-23(16-20)29(2,3)4)28-19-25(21-11-9-8-10-12-21)26-18-24(31(5,6)7)13-14-27(26)30-28;1-3-6(8)5-7(9)4-2;/h8-14,16-19H,1-7H3;5,8H,3-4H2,1-2H3;/q-1;;/b;6-5-;. The molecule has 0 saturated heterocycles. The van der Waals surface area contributed by atoms with Gasteiger partial charge in [-0.3, -0.25) is 9.78 Å². The number of fused-ring (bicyclic) bond motifs is 1. The molecule has 1 radical (unpaired) electrons. The quantitative estimate of drug-likeness (QED) is 0.0928. The maximum atomic E-state index is 10.5. The van der Waals surface area contributed by atoms with E-state index < -0.39 is 8.07 Å². The Morgan fingerprint density at radius 3 is 2.17 bits per heavy atom. The number of allylic oxidation sites excluding steroid dienone is 2. The minimum Gasteiger partial charge on any atom is -0.512 e. The first-order valence-corrected chi connectivity index (χ1v) is 17.7. The van der Waals surface area contributed by atoms with Gasteiger partial charge < -0.3 is 5.11 Å². The van der Waals surface area contributed by atoms with Crippen LogP contribution < -0.4 is 5.19 Å². The van der Waals surface area contributed by atoms with Gasteiger partial charge in [-0.1, -0.05) is 115 Å². The van der Waals surface area contributed by atoms with Gasteiger partial charge in [0.25, 0.3) is 0 Å². The molecule has 0 spiro atoms. The van der Waals surface area contributed by atoms with E-state index in [0.29, 0.717) is 12.8 Å². The van der Waals surface area contributed by atoms with Gasteiger partial charge in [0.05, 0.1) is 19.3 Å². The van der Waals surface area contributed by atoms with Crippen LogP contribution in [0.2, 0.25) is 19.6 Å². The molecule has 1 N–H and O–H groups in total. The van der Waals surface area contributed by atoms with Crippen molar-refractivity contribution in [1.82, 2.24) is 4.98 Å². The summed E-state index contributed by atoms with van der Waals surface area (Å²) >= 11 is 0. The summed E-state index contributed by atoms with van der Waals surface area (Å²) in [6.45, 7) is 19.6. The third kappa shape index (κ3) is 9.33.